The van der Waals surface area contributed by atoms with Gasteiger partial charge in [0.25, 0.3) is 0 Å². The predicted molar refractivity (Wildman–Crippen MR) is 73.7 cm³/mol. The van der Waals surface area contributed by atoms with Crippen LogP contribution in [0, 0.1) is 0 Å². The summed E-state index contributed by atoms with van der Waals surface area (Å²) in [6.07, 6.45) is 7.96. The van der Waals surface area contributed by atoms with Gasteiger partial charge < -0.3 is 9.05 Å². The van der Waals surface area contributed by atoms with Gasteiger partial charge in [-0.15, -0.1) is 0 Å². The largest absolute Gasteiger partial charge is 0.330 e. The van der Waals surface area contributed by atoms with Crippen LogP contribution in [-0.4, -0.2) is 19.4 Å². The van der Waals surface area contributed by atoms with Crippen molar-refractivity contribution in [1.29, 1.82) is 0 Å². The van der Waals surface area contributed by atoms with Crippen molar-refractivity contribution in [3.63, 3.8) is 0 Å². The van der Waals surface area contributed by atoms with E-state index in [0.717, 1.165) is 32.1 Å². The highest BCUT2D eigenvalue weighted by atomic mass is 31.2. The Labute approximate surface area is 107 Å². The molecule has 0 spiro atoms. The minimum atomic E-state index is -2.80. The molecule has 0 saturated carbocycles. The molecule has 4 heteroatoms. The van der Waals surface area contributed by atoms with E-state index in [4.69, 9.17) is 9.05 Å². The molecular formula is C13H29O3P. The van der Waals surface area contributed by atoms with Crippen LogP contribution in [0.5, 0.6) is 0 Å². The minimum Gasteiger partial charge on any atom is -0.309 e. The van der Waals surface area contributed by atoms with Gasteiger partial charge in [0.1, 0.15) is 0 Å². The average Bonchev–Trinajstić information content (AvgIpc) is 2.34. The van der Waals surface area contributed by atoms with Crippen molar-refractivity contribution in [3.05, 3.63) is 0 Å². The summed E-state index contributed by atoms with van der Waals surface area (Å²) in [5.41, 5.74) is 0. The zero-order valence-electron chi connectivity index (χ0n) is 11.7. The van der Waals surface area contributed by atoms with Gasteiger partial charge in [-0.2, -0.15) is 0 Å². The maximum absolute atomic E-state index is 12.3. The standard InChI is InChI=1S/C13H29O3P/c1-4-7-9-10-12-16-17(14,13-8-5-2)15-11-6-3/h4-13H2,1-3H3. The Morgan fingerprint density at radius 3 is 2.00 bits per heavy atom. The summed E-state index contributed by atoms with van der Waals surface area (Å²) in [6.45, 7) is 7.40. The molecule has 0 bridgehead atoms. The molecule has 17 heavy (non-hydrogen) atoms. The molecule has 0 aromatic rings. The third-order valence-electron chi connectivity index (χ3n) is 2.56. The van der Waals surface area contributed by atoms with Crippen LogP contribution >= 0.6 is 7.60 Å². The van der Waals surface area contributed by atoms with Gasteiger partial charge in [-0.3, -0.25) is 4.57 Å². The maximum Gasteiger partial charge on any atom is 0.330 e. The molecule has 3 nitrogen and oxygen atoms in total. The molecule has 0 N–H and O–H groups in total. The third-order valence-corrected chi connectivity index (χ3v) is 4.58. The lowest BCUT2D eigenvalue weighted by Gasteiger charge is -2.18. The number of hydrogen-bond donors (Lipinski definition) is 0. The number of hydrogen-bond acceptors (Lipinski definition) is 3. The first-order valence-corrected chi connectivity index (χ1v) is 8.79. The highest BCUT2D eigenvalue weighted by molar-refractivity contribution is 7.53. The van der Waals surface area contributed by atoms with E-state index in [1.807, 2.05) is 6.92 Å². The van der Waals surface area contributed by atoms with Gasteiger partial charge in [0, 0.05) is 0 Å². The quantitative estimate of drug-likeness (QED) is 0.367. The Morgan fingerprint density at radius 1 is 0.765 bits per heavy atom. The van der Waals surface area contributed by atoms with E-state index in [2.05, 4.69) is 13.8 Å². The second kappa shape index (κ2) is 11.3. The van der Waals surface area contributed by atoms with Crippen molar-refractivity contribution in [2.45, 2.75) is 65.7 Å². The Hall–Kier alpha value is 0.150. The van der Waals surface area contributed by atoms with Crippen molar-refractivity contribution in [3.8, 4) is 0 Å². The number of unbranched alkanes of at least 4 members (excludes halogenated alkanes) is 4. The Balaban J connectivity index is 3.87. The van der Waals surface area contributed by atoms with Gasteiger partial charge in [0.05, 0.1) is 19.4 Å². The van der Waals surface area contributed by atoms with Crippen LogP contribution in [0.25, 0.3) is 0 Å². The van der Waals surface area contributed by atoms with E-state index < -0.39 is 7.60 Å². The lowest BCUT2D eigenvalue weighted by atomic mass is 10.2. The molecular weight excluding hydrogens is 235 g/mol. The second-order valence-corrected chi connectivity index (χ2v) is 6.60. The summed E-state index contributed by atoms with van der Waals surface area (Å²) in [6, 6.07) is 0. The first-order valence-electron chi connectivity index (χ1n) is 7.06. The Morgan fingerprint density at radius 2 is 1.41 bits per heavy atom. The molecule has 1 atom stereocenters. The van der Waals surface area contributed by atoms with E-state index in [1.165, 1.54) is 12.8 Å². The molecule has 0 fully saturated rings. The van der Waals surface area contributed by atoms with E-state index in [-0.39, 0.29) is 0 Å². The van der Waals surface area contributed by atoms with Crippen LogP contribution in [0.1, 0.15) is 65.7 Å². The SMILES string of the molecule is CCCCCCOP(=O)(CCCC)OCCC. The summed E-state index contributed by atoms with van der Waals surface area (Å²) in [7, 11) is -2.80. The molecule has 0 amide bonds. The summed E-state index contributed by atoms with van der Waals surface area (Å²) in [4.78, 5) is 0. The summed E-state index contributed by atoms with van der Waals surface area (Å²) in [5.74, 6) is 0. The van der Waals surface area contributed by atoms with Gasteiger partial charge in [-0.05, 0) is 19.3 Å². The van der Waals surface area contributed by atoms with Crippen molar-refractivity contribution < 1.29 is 13.6 Å². The first kappa shape index (κ1) is 17.2. The predicted octanol–water partition coefficient (Wildman–Crippen LogP) is 5.00. The zero-order chi connectivity index (χ0) is 13.0. The maximum atomic E-state index is 12.3. The molecule has 1 unspecified atom stereocenters. The average molecular weight is 264 g/mol. The molecule has 0 heterocycles. The minimum absolute atomic E-state index is 0.538. The van der Waals surface area contributed by atoms with Crippen molar-refractivity contribution in [2.24, 2.45) is 0 Å². The van der Waals surface area contributed by atoms with Crippen molar-refractivity contribution in [2.75, 3.05) is 19.4 Å². The van der Waals surface area contributed by atoms with Crippen molar-refractivity contribution >= 4 is 7.60 Å². The molecule has 104 valence electrons. The van der Waals surface area contributed by atoms with Crippen molar-refractivity contribution in [1.82, 2.24) is 0 Å². The normalized spacial score (nSPS) is 14.8. The molecule has 0 radical (unpaired) electrons. The highest BCUT2D eigenvalue weighted by Crippen LogP contribution is 2.49. The molecule has 0 aromatic carbocycles. The highest BCUT2D eigenvalue weighted by Gasteiger charge is 2.22. The first-order chi connectivity index (χ1) is 8.18. The fourth-order valence-corrected chi connectivity index (χ4v) is 3.39. The van der Waals surface area contributed by atoms with Crippen LogP contribution in [0.2, 0.25) is 0 Å². The van der Waals surface area contributed by atoms with Gasteiger partial charge in [0.2, 0.25) is 0 Å². The zero-order valence-corrected chi connectivity index (χ0v) is 12.6. The smallest absolute Gasteiger partial charge is 0.309 e. The topological polar surface area (TPSA) is 35.5 Å². The van der Waals surface area contributed by atoms with Gasteiger partial charge in [-0.25, -0.2) is 0 Å². The van der Waals surface area contributed by atoms with Gasteiger partial charge in [-0.1, -0.05) is 46.5 Å². The molecule has 0 aromatic heterocycles. The van der Waals surface area contributed by atoms with E-state index in [1.54, 1.807) is 0 Å². The Kier molecular flexibility index (Phi) is 11.4. The summed E-state index contributed by atoms with van der Waals surface area (Å²) in [5, 5.41) is 0. The van der Waals surface area contributed by atoms with E-state index >= 15 is 0 Å². The monoisotopic (exact) mass is 264 g/mol. The molecule has 0 saturated heterocycles. The molecule has 0 aliphatic rings. The summed E-state index contributed by atoms with van der Waals surface area (Å²) >= 11 is 0. The third kappa shape index (κ3) is 9.82. The van der Waals surface area contributed by atoms with Gasteiger partial charge in [0.15, 0.2) is 0 Å². The van der Waals surface area contributed by atoms with Crippen LogP contribution in [0.4, 0.5) is 0 Å². The molecule has 0 aliphatic heterocycles. The lowest BCUT2D eigenvalue weighted by Crippen LogP contribution is -2.02. The molecule has 0 rings (SSSR count). The van der Waals surface area contributed by atoms with E-state index in [9.17, 15) is 4.57 Å². The van der Waals surface area contributed by atoms with Crippen LogP contribution < -0.4 is 0 Å². The number of rotatable bonds is 12. The second-order valence-electron chi connectivity index (χ2n) is 4.42. The summed E-state index contributed by atoms with van der Waals surface area (Å²) < 4.78 is 23.3. The van der Waals surface area contributed by atoms with Crippen LogP contribution in [0.3, 0.4) is 0 Å². The van der Waals surface area contributed by atoms with Gasteiger partial charge >= 0.3 is 7.60 Å². The van der Waals surface area contributed by atoms with Crippen LogP contribution in [-0.2, 0) is 13.6 Å². The lowest BCUT2D eigenvalue weighted by molar-refractivity contribution is 0.200. The van der Waals surface area contributed by atoms with Crippen LogP contribution in [0.15, 0.2) is 0 Å². The fourth-order valence-electron chi connectivity index (χ4n) is 1.48. The Bertz CT molecular complexity index is 195. The molecule has 0 aliphatic carbocycles. The van der Waals surface area contributed by atoms with E-state index in [0.29, 0.717) is 19.4 Å². The fraction of sp³-hybridized carbons (Fsp3) is 1.00.